The molecule has 1 aliphatic carbocycles. The number of nitrogens with one attached hydrogen (secondary N) is 1. The standard InChI is InChI=1S/C26H26ClN5O5/c1-36-21-12-11-17(27)13-19(21)28-22(33)14-31-20-10-6-5-9-18(20)25(34)32(26(31)35)15-23-29-24(30-37-23)16-7-3-2-4-8-16/h2-4,7-8,11-13,18,20H,5-6,9-10,14-15H2,1H3,(H,28,33). The van der Waals surface area contributed by atoms with Gasteiger partial charge in [0.2, 0.25) is 23.5 Å². The number of ether oxygens (including phenoxy) is 1. The lowest BCUT2D eigenvalue weighted by Gasteiger charge is -2.46. The molecule has 2 atom stereocenters. The maximum absolute atomic E-state index is 13.6. The Balaban J connectivity index is 1.35. The van der Waals surface area contributed by atoms with Gasteiger partial charge in [0.25, 0.3) is 0 Å². The Bertz CT molecular complexity index is 1310. The van der Waals surface area contributed by atoms with Crippen molar-refractivity contribution in [3.8, 4) is 17.1 Å². The van der Waals surface area contributed by atoms with Crippen molar-refractivity contribution in [3.05, 3.63) is 59.4 Å². The number of halogens is 1. The SMILES string of the molecule is COc1ccc(Cl)cc1NC(=O)CN1C(=O)N(Cc2nc(-c3ccccc3)no2)C(=O)C2CCCCC21. The summed E-state index contributed by atoms with van der Waals surface area (Å²) in [5.74, 6) is -0.131. The number of aromatic nitrogens is 2. The van der Waals surface area contributed by atoms with Crippen LogP contribution in [0.15, 0.2) is 53.1 Å². The second kappa shape index (κ2) is 10.6. The molecule has 0 radical (unpaired) electrons. The van der Waals surface area contributed by atoms with Crippen LogP contribution in [0.5, 0.6) is 5.75 Å². The molecule has 4 amide bonds. The van der Waals surface area contributed by atoms with Gasteiger partial charge in [0, 0.05) is 16.6 Å². The van der Waals surface area contributed by atoms with Crippen LogP contribution in [0.1, 0.15) is 31.6 Å². The highest BCUT2D eigenvalue weighted by Gasteiger charge is 2.47. The monoisotopic (exact) mass is 523 g/mol. The zero-order chi connectivity index (χ0) is 25.9. The molecule has 5 rings (SSSR count). The zero-order valence-electron chi connectivity index (χ0n) is 20.2. The lowest BCUT2D eigenvalue weighted by Crippen LogP contribution is -2.63. The van der Waals surface area contributed by atoms with E-state index in [-0.39, 0.29) is 30.9 Å². The third-order valence-electron chi connectivity index (χ3n) is 6.73. The first-order valence-electron chi connectivity index (χ1n) is 12.1. The van der Waals surface area contributed by atoms with Gasteiger partial charge in [0.1, 0.15) is 18.8 Å². The van der Waals surface area contributed by atoms with Crippen molar-refractivity contribution < 1.29 is 23.6 Å². The fraction of sp³-hybridized carbons (Fsp3) is 0.346. The van der Waals surface area contributed by atoms with Crippen LogP contribution in [0.2, 0.25) is 5.02 Å². The first-order valence-corrected chi connectivity index (χ1v) is 12.5. The van der Waals surface area contributed by atoms with Crippen LogP contribution in [-0.4, -0.2) is 57.5 Å². The zero-order valence-corrected chi connectivity index (χ0v) is 21.0. The Kier molecular flexibility index (Phi) is 7.09. The largest absolute Gasteiger partial charge is 0.495 e. The molecule has 2 fully saturated rings. The average molecular weight is 524 g/mol. The topological polar surface area (TPSA) is 118 Å². The number of urea groups is 1. The molecule has 2 unspecified atom stereocenters. The molecule has 3 aromatic rings. The van der Waals surface area contributed by atoms with Crippen molar-refractivity contribution in [3.63, 3.8) is 0 Å². The Labute approximate surface area is 218 Å². The van der Waals surface area contributed by atoms with E-state index in [9.17, 15) is 14.4 Å². The van der Waals surface area contributed by atoms with Gasteiger partial charge in [-0.05, 0) is 31.0 Å². The molecule has 1 saturated carbocycles. The van der Waals surface area contributed by atoms with Gasteiger partial charge < -0.3 is 19.5 Å². The minimum absolute atomic E-state index is 0.142. The fourth-order valence-electron chi connectivity index (χ4n) is 4.98. The molecule has 37 heavy (non-hydrogen) atoms. The lowest BCUT2D eigenvalue weighted by atomic mass is 9.81. The third-order valence-corrected chi connectivity index (χ3v) is 6.97. The van der Waals surface area contributed by atoms with Crippen molar-refractivity contribution in [2.45, 2.75) is 38.3 Å². The summed E-state index contributed by atoms with van der Waals surface area (Å²) in [6, 6.07) is 13.2. The normalized spacial score (nSPS) is 19.5. The molecule has 2 aliphatic rings. The Morgan fingerprint density at radius 1 is 1.16 bits per heavy atom. The van der Waals surface area contributed by atoms with Gasteiger partial charge in [-0.3, -0.25) is 14.5 Å². The van der Waals surface area contributed by atoms with Gasteiger partial charge in [-0.25, -0.2) is 4.79 Å². The number of nitrogens with zero attached hydrogens (tertiary/aromatic N) is 4. The van der Waals surface area contributed by atoms with E-state index < -0.39 is 17.9 Å². The van der Waals surface area contributed by atoms with Crippen LogP contribution in [0, 0.1) is 5.92 Å². The number of benzene rings is 2. The van der Waals surface area contributed by atoms with Crippen molar-refractivity contribution in [2.24, 2.45) is 5.92 Å². The van der Waals surface area contributed by atoms with Crippen LogP contribution in [0.4, 0.5) is 10.5 Å². The molecule has 1 aliphatic heterocycles. The summed E-state index contributed by atoms with van der Waals surface area (Å²) < 4.78 is 10.7. The van der Waals surface area contributed by atoms with E-state index in [0.29, 0.717) is 35.1 Å². The van der Waals surface area contributed by atoms with Crippen LogP contribution < -0.4 is 10.1 Å². The second-order valence-corrected chi connectivity index (χ2v) is 9.50. The average Bonchev–Trinajstić information content (AvgIpc) is 3.38. The van der Waals surface area contributed by atoms with E-state index >= 15 is 0 Å². The number of hydrogen-bond acceptors (Lipinski definition) is 7. The molecule has 10 nitrogen and oxygen atoms in total. The minimum Gasteiger partial charge on any atom is -0.495 e. The highest BCUT2D eigenvalue weighted by molar-refractivity contribution is 6.31. The first kappa shape index (κ1) is 24.8. The predicted molar refractivity (Wildman–Crippen MR) is 135 cm³/mol. The van der Waals surface area contributed by atoms with Gasteiger partial charge in [0.15, 0.2) is 0 Å². The van der Waals surface area contributed by atoms with E-state index in [1.165, 1.54) is 12.0 Å². The summed E-state index contributed by atoms with van der Waals surface area (Å²) in [6.07, 6.45) is 3.06. The lowest BCUT2D eigenvalue weighted by molar-refractivity contribution is -0.142. The Morgan fingerprint density at radius 3 is 2.73 bits per heavy atom. The first-order chi connectivity index (χ1) is 17.9. The van der Waals surface area contributed by atoms with Crippen LogP contribution in [0.3, 0.4) is 0 Å². The van der Waals surface area contributed by atoms with Gasteiger partial charge in [-0.2, -0.15) is 4.98 Å². The molecule has 11 heteroatoms. The molecule has 1 aromatic heterocycles. The third kappa shape index (κ3) is 5.15. The molecule has 0 bridgehead atoms. The van der Waals surface area contributed by atoms with E-state index in [1.54, 1.807) is 18.2 Å². The fourth-order valence-corrected chi connectivity index (χ4v) is 5.15. The van der Waals surface area contributed by atoms with E-state index in [1.807, 2.05) is 30.3 Å². The summed E-state index contributed by atoms with van der Waals surface area (Å²) in [4.78, 5) is 46.9. The summed E-state index contributed by atoms with van der Waals surface area (Å²) in [5, 5.41) is 7.20. The number of rotatable bonds is 7. The number of amides is 4. The molecular weight excluding hydrogens is 498 g/mol. The highest BCUT2D eigenvalue weighted by atomic mass is 35.5. The number of hydrogen-bond donors (Lipinski definition) is 1. The van der Waals surface area contributed by atoms with Crippen molar-refractivity contribution in [1.29, 1.82) is 0 Å². The molecule has 1 saturated heterocycles. The second-order valence-electron chi connectivity index (χ2n) is 9.06. The number of imide groups is 1. The summed E-state index contributed by atoms with van der Waals surface area (Å²) >= 11 is 6.08. The number of carbonyl (C=O) groups excluding carboxylic acids is 3. The molecule has 2 aromatic carbocycles. The van der Waals surface area contributed by atoms with Crippen LogP contribution in [-0.2, 0) is 16.1 Å². The summed E-state index contributed by atoms with van der Waals surface area (Å²) in [5.41, 5.74) is 1.16. The molecule has 1 N–H and O–H groups in total. The van der Waals surface area contributed by atoms with Gasteiger partial charge in [0.05, 0.1) is 18.7 Å². The predicted octanol–water partition coefficient (Wildman–Crippen LogP) is 4.36. The van der Waals surface area contributed by atoms with E-state index in [4.69, 9.17) is 20.9 Å². The quantitative estimate of drug-likeness (QED) is 0.488. The minimum atomic E-state index is -0.555. The van der Waals surface area contributed by atoms with E-state index in [0.717, 1.165) is 23.3 Å². The number of fused-ring (bicyclic) bond motifs is 1. The molecule has 192 valence electrons. The van der Waals surface area contributed by atoms with Crippen LogP contribution >= 0.6 is 11.6 Å². The van der Waals surface area contributed by atoms with Gasteiger partial charge in [-0.15, -0.1) is 0 Å². The number of carbonyl (C=O) groups is 3. The summed E-state index contributed by atoms with van der Waals surface area (Å²) in [6.45, 7) is -0.389. The maximum atomic E-state index is 13.6. The van der Waals surface area contributed by atoms with E-state index in [2.05, 4.69) is 15.5 Å². The van der Waals surface area contributed by atoms with Gasteiger partial charge in [-0.1, -0.05) is 59.9 Å². The van der Waals surface area contributed by atoms with Crippen molar-refractivity contribution in [1.82, 2.24) is 19.9 Å². The molecular formula is C26H26ClN5O5. The number of methoxy groups -OCH3 is 1. The van der Waals surface area contributed by atoms with Gasteiger partial charge >= 0.3 is 6.03 Å². The maximum Gasteiger partial charge on any atom is 0.327 e. The summed E-state index contributed by atoms with van der Waals surface area (Å²) in [7, 11) is 1.49. The Morgan fingerprint density at radius 2 is 1.95 bits per heavy atom. The highest BCUT2D eigenvalue weighted by Crippen LogP contribution is 2.35. The smallest absolute Gasteiger partial charge is 0.327 e. The Hall–Kier alpha value is -3.92. The van der Waals surface area contributed by atoms with Crippen molar-refractivity contribution in [2.75, 3.05) is 19.0 Å². The molecule has 2 heterocycles. The van der Waals surface area contributed by atoms with Crippen LogP contribution in [0.25, 0.3) is 11.4 Å². The molecule has 0 spiro atoms. The van der Waals surface area contributed by atoms with Crippen molar-refractivity contribution >= 4 is 35.1 Å². The number of anilines is 1.